The van der Waals surface area contributed by atoms with Gasteiger partial charge in [-0.2, -0.15) is 5.26 Å². The standard InChI is InChI=1S/C6H11NO2/c1-6(8,5-7)3-4-9-2/h8H,3-4H2,1-2H3. The second-order valence-electron chi connectivity index (χ2n) is 2.13. The first-order valence-corrected chi connectivity index (χ1v) is 2.75. The predicted octanol–water partition coefficient (Wildman–Crippen LogP) is 0.297. The van der Waals surface area contributed by atoms with Gasteiger partial charge in [0.05, 0.1) is 6.07 Å². The van der Waals surface area contributed by atoms with E-state index in [4.69, 9.17) is 10.4 Å². The van der Waals surface area contributed by atoms with E-state index in [9.17, 15) is 0 Å². The van der Waals surface area contributed by atoms with Crippen LogP contribution in [0.25, 0.3) is 0 Å². The summed E-state index contributed by atoms with van der Waals surface area (Å²) in [7, 11) is 1.54. The maximum atomic E-state index is 9.01. The Labute approximate surface area is 54.9 Å². The van der Waals surface area contributed by atoms with E-state index in [0.29, 0.717) is 13.0 Å². The van der Waals surface area contributed by atoms with E-state index in [2.05, 4.69) is 4.74 Å². The normalized spacial score (nSPS) is 16.2. The average molecular weight is 129 g/mol. The summed E-state index contributed by atoms with van der Waals surface area (Å²) < 4.78 is 4.67. The van der Waals surface area contributed by atoms with Crippen molar-refractivity contribution in [2.24, 2.45) is 0 Å². The summed E-state index contributed by atoms with van der Waals surface area (Å²) in [5.74, 6) is 0. The van der Waals surface area contributed by atoms with Gasteiger partial charge in [0.1, 0.15) is 0 Å². The van der Waals surface area contributed by atoms with Gasteiger partial charge >= 0.3 is 0 Å². The average Bonchev–Trinajstić information content (AvgIpc) is 1.84. The molecule has 0 bridgehead atoms. The third-order valence-corrected chi connectivity index (χ3v) is 1.03. The van der Waals surface area contributed by atoms with Gasteiger partial charge in [0.15, 0.2) is 5.60 Å². The molecule has 0 aromatic rings. The van der Waals surface area contributed by atoms with Gasteiger partial charge in [-0.25, -0.2) is 0 Å². The fraction of sp³-hybridized carbons (Fsp3) is 0.833. The van der Waals surface area contributed by atoms with Crippen molar-refractivity contribution in [1.29, 1.82) is 5.26 Å². The second-order valence-corrected chi connectivity index (χ2v) is 2.13. The van der Waals surface area contributed by atoms with Gasteiger partial charge in [-0.15, -0.1) is 0 Å². The molecule has 0 spiro atoms. The Balaban J connectivity index is 3.49. The van der Waals surface area contributed by atoms with Gasteiger partial charge in [-0.3, -0.25) is 0 Å². The lowest BCUT2D eigenvalue weighted by molar-refractivity contribution is 0.0711. The van der Waals surface area contributed by atoms with Crippen molar-refractivity contribution in [2.75, 3.05) is 13.7 Å². The Morgan fingerprint density at radius 2 is 2.33 bits per heavy atom. The van der Waals surface area contributed by atoms with Gasteiger partial charge in [-0.05, 0) is 6.92 Å². The number of aliphatic hydroxyl groups is 1. The zero-order chi connectivity index (χ0) is 7.33. The zero-order valence-electron chi connectivity index (χ0n) is 5.72. The molecule has 0 fully saturated rings. The van der Waals surface area contributed by atoms with E-state index in [1.54, 1.807) is 6.07 Å². The molecule has 0 aliphatic carbocycles. The van der Waals surface area contributed by atoms with Crippen molar-refractivity contribution in [2.45, 2.75) is 18.9 Å². The molecule has 1 N–H and O–H groups in total. The van der Waals surface area contributed by atoms with E-state index < -0.39 is 5.60 Å². The molecule has 9 heavy (non-hydrogen) atoms. The molecule has 0 radical (unpaired) electrons. The molecule has 0 aliphatic heterocycles. The Morgan fingerprint density at radius 3 is 2.67 bits per heavy atom. The van der Waals surface area contributed by atoms with Crippen LogP contribution >= 0.6 is 0 Å². The number of hydrogen-bond donors (Lipinski definition) is 1. The van der Waals surface area contributed by atoms with E-state index in [-0.39, 0.29) is 0 Å². The summed E-state index contributed by atoms with van der Waals surface area (Å²) >= 11 is 0. The molecular formula is C6H11NO2. The van der Waals surface area contributed by atoms with Gasteiger partial charge in [-0.1, -0.05) is 0 Å². The van der Waals surface area contributed by atoms with Crippen molar-refractivity contribution >= 4 is 0 Å². The molecule has 52 valence electrons. The summed E-state index contributed by atoms with van der Waals surface area (Å²) in [5, 5.41) is 17.3. The molecule has 0 aromatic carbocycles. The van der Waals surface area contributed by atoms with Crippen LogP contribution in [0.3, 0.4) is 0 Å². The zero-order valence-corrected chi connectivity index (χ0v) is 5.72. The maximum absolute atomic E-state index is 9.01. The van der Waals surface area contributed by atoms with Crippen LogP contribution in [0.5, 0.6) is 0 Å². The smallest absolute Gasteiger partial charge is 0.150 e. The van der Waals surface area contributed by atoms with Crippen molar-refractivity contribution in [3.05, 3.63) is 0 Å². The first-order valence-electron chi connectivity index (χ1n) is 2.75. The Morgan fingerprint density at radius 1 is 1.78 bits per heavy atom. The Hall–Kier alpha value is -0.590. The summed E-state index contributed by atoms with van der Waals surface area (Å²) in [6.45, 7) is 1.88. The minimum absolute atomic E-state index is 0.361. The lowest BCUT2D eigenvalue weighted by Gasteiger charge is -2.11. The van der Waals surface area contributed by atoms with Crippen LogP contribution in [0.15, 0.2) is 0 Å². The molecule has 1 atom stereocenters. The van der Waals surface area contributed by atoms with Crippen LogP contribution in [0.2, 0.25) is 0 Å². The van der Waals surface area contributed by atoms with E-state index in [1.807, 2.05) is 0 Å². The van der Waals surface area contributed by atoms with Crippen LogP contribution in [0.4, 0.5) is 0 Å². The largest absolute Gasteiger partial charge is 0.385 e. The van der Waals surface area contributed by atoms with Crippen molar-refractivity contribution in [1.82, 2.24) is 0 Å². The summed E-state index contributed by atoms with van der Waals surface area (Å²) in [6, 6.07) is 1.75. The number of rotatable bonds is 3. The van der Waals surface area contributed by atoms with Crippen molar-refractivity contribution in [3.63, 3.8) is 0 Å². The number of ether oxygens (including phenoxy) is 1. The monoisotopic (exact) mass is 129 g/mol. The van der Waals surface area contributed by atoms with Gasteiger partial charge < -0.3 is 9.84 Å². The molecule has 0 rings (SSSR count). The van der Waals surface area contributed by atoms with E-state index in [1.165, 1.54) is 14.0 Å². The third kappa shape index (κ3) is 3.95. The van der Waals surface area contributed by atoms with Crippen LogP contribution in [-0.2, 0) is 4.74 Å². The molecule has 3 nitrogen and oxygen atoms in total. The van der Waals surface area contributed by atoms with Crippen LogP contribution in [0.1, 0.15) is 13.3 Å². The van der Waals surface area contributed by atoms with Crippen molar-refractivity contribution in [3.8, 4) is 6.07 Å². The topological polar surface area (TPSA) is 53.2 Å². The lowest BCUT2D eigenvalue weighted by atomic mass is 10.1. The molecule has 1 unspecified atom stereocenters. The number of nitriles is 1. The van der Waals surface area contributed by atoms with Gasteiger partial charge in [0.2, 0.25) is 0 Å². The molecule has 3 heteroatoms. The minimum atomic E-state index is -1.23. The van der Waals surface area contributed by atoms with Crippen LogP contribution < -0.4 is 0 Å². The summed E-state index contributed by atoms with van der Waals surface area (Å²) in [4.78, 5) is 0. The molecule has 0 saturated carbocycles. The van der Waals surface area contributed by atoms with Crippen LogP contribution in [-0.4, -0.2) is 24.4 Å². The fourth-order valence-corrected chi connectivity index (χ4v) is 0.357. The molecule has 0 aromatic heterocycles. The number of hydrogen-bond acceptors (Lipinski definition) is 3. The molecule has 0 saturated heterocycles. The quantitative estimate of drug-likeness (QED) is 0.557. The highest BCUT2D eigenvalue weighted by Crippen LogP contribution is 2.05. The predicted molar refractivity (Wildman–Crippen MR) is 32.7 cm³/mol. The highest BCUT2D eigenvalue weighted by molar-refractivity contribution is 4.95. The molecule has 0 heterocycles. The molecular weight excluding hydrogens is 118 g/mol. The fourth-order valence-electron chi connectivity index (χ4n) is 0.357. The molecule has 0 aliphatic rings. The van der Waals surface area contributed by atoms with Crippen molar-refractivity contribution < 1.29 is 9.84 Å². The SMILES string of the molecule is COCCC(C)(O)C#N. The third-order valence-electron chi connectivity index (χ3n) is 1.03. The number of nitrogens with zero attached hydrogens (tertiary/aromatic N) is 1. The highest BCUT2D eigenvalue weighted by Gasteiger charge is 2.17. The summed E-state index contributed by atoms with van der Waals surface area (Å²) in [6.07, 6.45) is 0.361. The first kappa shape index (κ1) is 8.41. The first-order chi connectivity index (χ1) is 4.12. The van der Waals surface area contributed by atoms with Gasteiger partial charge in [0, 0.05) is 20.1 Å². The minimum Gasteiger partial charge on any atom is -0.385 e. The molecule has 0 amide bonds. The lowest BCUT2D eigenvalue weighted by Crippen LogP contribution is -2.22. The highest BCUT2D eigenvalue weighted by atomic mass is 16.5. The van der Waals surface area contributed by atoms with E-state index in [0.717, 1.165) is 0 Å². The summed E-state index contributed by atoms with van der Waals surface area (Å²) in [5.41, 5.74) is -1.23. The maximum Gasteiger partial charge on any atom is 0.150 e. The second kappa shape index (κ2) is 3.44. The number of methoxy groups -OCH3 is 1. The van der Waals surface area contributed by atoms with Gasteiger partial charge in [0.25, 0.3) is 0 Å². The Kier molecular flexibility index (Phi) is 3.21. The van der Waals surface area contributed by atoms with Crippen LogP contribution in [0, 0.1) is 11.3 Å². The Bertz CT molecular complexity index is 115. The van der Waals surface area contributed by atoms with E-state index >= 15 is 0 Å².